The van der Waals surface area contributed by atoms with Crippen LogP contribution in [0.1, 0.15) is 116 Å². The van der Waals surface area contributed by atoms with Crippen LogP contribution in [0.5, 0.6) is 23.0 Å². The molecule has 0 radical (unpaired) electrons. The molecule has 6 rings (SSSR count). The number of amides is 6. The predicted octanol–water partition coefficient (Wildman–Crippen LogP) is 6.90. The van der Waals surface area contributed by atoms with Gasteiger partial charge in [-0.25, -0.2) is 9.59 Å². The number of hydrogen-bond acceptors (Lipinski definition) is 16. The van der Waals surface area contributed by atoms with Gasteiger partial charge in [0.25, 0.3) is 11.8 Å². The van der Waals surface area contributed by atoms with Crippen LogP contribution >= 0.6 is 0 Å². The minimum atomic E-state index is -1.52. The highest BCUT2D eigenvalue weighted by atomic mass is 16.5. The molecule has 22 heteroatoms. The summed E-state index contributed by atoms with van der Waals surface area (Å²) in [5.41, 5.74) is -0.501. The SMILES string of the molecule is CCCC[C@H]1C(=O)N[C@@H](Cc2ccc3ccccc3c2)C(=O)N(C)[C@@H](COC(C)(C)C)C(=O)NCC(=O)N(C)CC/C=C/C(=O)OCC(C)(C)C(=O)C(=O)N2CCCC[C@H]2C(=O)O[C@H](CCc2c(OC)ccc(OC)c2OC)c2cccc(c2)OCC(=O)N1C. The van der Waals surface area contributed by atoms with E-state index in [1.165, 1.54) is 82.0 Å². The summed E-state index contributed by atoms with van der Waals surface area (Å²) >= 11 is 0. The molecule has 6 amide bonds. The van der Waals surface area contributed by atoms with Crippen molar-refractivity contribution in [2.75, 3.05) is 81.9 Å². The second-order valence-electron chi connectivity index (χ2n) is 24.4. The zero-order chi connectivity index (χ0) is 65.9. The lowest BCUT2D eigenvalue weighted by molar-refractivity contribution is -0.165. The molecular formula is C68H90N6O16. The third-order valence-electron chi connectivity index (χ3n) is 16.1. The van der Waals surface area contributed by atoms with Gasteiger partial charge in [0.05, 0.1) is 45.5 Å². The lowest BCUT2D eigenvalue weighted by Crippen LogP contribution is -2.59. The molecule has 488 valence electrons. The van der Waals surface area contributed by atoms with Crippen molar-refractivity contribution in [3.8, 4) is 23.0 Å². The molecule has 0 unspecified atom stereocenters. The number of benzene rings is 4. The molecule has 2 aliphatic heterocycles. The summed E-state index contributed by atoms with van der Waals surface area (Å²) in [5, 5.41) is 7.49. The van der Waals surface area contributed by atoms with E-state index < -0.39 is 114 Å². The van der Waals surface area contributed by atoms with Crippen LogP contribution in [0.3, 0.4) is 0 Å². The van der Waals surface area contributed by atoms with Gasteiger partial charge in [-0.1, -0.05) is 80.4 Å². The summed E-state index contributed by atoms with van der Waals surface area (Å²) in [6.07, 6.45) is 4.80. The van der Waals surface area contributed by atoms with Crippen molar-refractivity contribution in [3.05, 3.63) is 108 Å². The van der Waals surface area contributed by atoms with Crippen LogP contribution in [0, 0.1) is 5.41 Å². The Morgan fingerprint density at radius 1 is 0.733 bits per heavy atom. The molecule has 0 aliphatic carbocycles. The molecule has 2 aliphatic rings. The fraction of sp³-hybridized carbons (Fsp3) is 0.515. The number of nitrogens with zero attached hydrogens (tertiary/aromatic N) is 4. The first-order valence-corrected chi connectivity index (χ1v) is 30.7. The minimum absolute atomic E-state index is 0.00704. The number of rotatable bonds is 13. The van der Waals surface area contributed by atoms with Crippen LogP contribution in [0.4, 0.5) is 0 Å². The number of ether oxygens (including phenoxy) is 7. The van der Waals surface area contributed by atoms with Crippen molar-refractivity contribution in [1.82, 2.24) is 30.2 Å². The van der Waals surface area contributed by atoms with E-state index in [0.29, 0.717) is 59.6 Å². The molecule has 2 N–H and O–H groups in total. The van der Waals surface area contributed by atoms with E-state index in [4.69, 9.17) is 33.2 Å². The number of carbonyl (C=O) groups is 9. The first-order valence-electron chi connectivity index (χ1n) is 30.7. The average molecular weight is 1250 g/mol. The van der Waals surface area contributed by atoms with Crippen molar-refractivity contribution >= 4 is 63.9 Å². The summed E-state index contributed by atoms with van der Waals surface area (Å²) in [6, 6.07) is 18.7. The maximum atomic E-state index is 15.1. The predicted molar refractivity (Wildman–Crippen MR) is 337 cm³/mol. The van der Waals surface area contributed by atoms with Gasteiger partial charge < -0.3 is 63.4 Å². The number of fused-ring (bicyclic) bond motifs is 4. The maximum absolute atomic E-state index is 15.1. The van der Waals surface area contributed by atoms with Crippen molar-refractivity contribution in [2.24, 2.45) is 5.41 Å². The zero-order valence-electron chi connectivity index (χ0n) is 54.2. The zero-order valence-corrected chi connectivity index (χ0v) is 54.2. The van der Waals surface area contributed by atoms with E-state index in [0.717, 1.165) is 16.8 Å². The van der Waals surface area contributed by atoms with E-state index in [9.17, 15) is 38.4 Å². The molecule has 5 atom stereocenters. The standard InChI is InChI=1S/C68H90N6O16/c1-13-14-26-51-63(80)70-50(38-44-29-30-45-22-15-16-23-46(45)37-44)64(81)73(9)53(41-89-67(2,3)4)62(79)69-40-57(75)71(7)35-19-18-28-59(77)88-43-68(5,6)61(78)65(82)74-36-20-17-27-52(74)66(83)90-54(47-24-21-25-48(39-47)87-42-58(76)72(51)8)32-31-49-55(84-10)33-34-56(85-11)60(49)86-12/h15-16,18,21-25,28-30,33-34,37,39,50-54H,13-14,17,19-20,26-27,31-32,35-36,38,40-43H2,1-12H3,(H,69,79)(H,70,80)/b28-18+/t50-,51-,52-,53-,54+/m0/s1. The first-order chi connectivity index (χ1) is 42.8. The average Bonchev–Trinajstić information content (AvgIpc) is 1.59. The fourth-order valence-corrected chi connectivity index (χ4v) is 10.7. The van der Waals surface area contributed by atoms with E-state index in [-0.39, 0.29) is 64.0 Å². The smallest absolute Gasteiger partial charge is 0.330 e. The Kier molecular flexibility index (Phi) is 25.7. The Hall–Kier alpha value is -8.53. The Morgan fingerprint density at radius 2 is 1.46 bits per heavy atom. The van der Waals surface area contributed by atoms with E-state index >= 15 is 4.79 Å². The molecule has 4 aromatic carbocycles. The largest absolute Gasteiger partial charge is 0.496 e. The number of nitrogens with one attached hydrogen (secondary N) is 2. The Balaban J connectivity index is 1.37. The molecule has 0 spiro atoms. The molecule has 1 fully saturated rings. The van der Waals surface area contributed by atoms with E-state index in [1.807, 2.05) is 49.4 Å². The highest BCUT2D eigenvalue weighted by Crippen LogP contribution is 2.40. The van der Waals surface area contributed by atoms with Gasteiger partial charge in [0, 0.05) is 52.3 Å². The molecule has 4 aromatic rings. The third kappa shape index (κ3) is 19.2. The topological polar surface area (TPSA) is 255 Å². The third-order valence-corrected chi connectivity index (χ3v) is 16.1. The van der Waals surface area contributed by atoms with Crippen LogP contribution in [0.25, 0.3) is 10.8 Å². The van der Waals surface area contributed by atoms with Crippen LogP contribution in [0.15, 0.2) is 91.0 Å². The number of hydrogen-bond donors (Lipinski definition) is 2. The number of likely N-dealkylation sites (N-methyl/N-ethyl adjacent to an activating group) is 3. The lowest BCUT2D eigenvalue weighted by Gasteiger charge is -2.36. The summed E-state index contributed by atoms with van der Waals surface area (Å²) in [6.45, 7) is 8.71. The Bertz CT molecular complexity index is 3230. The van der Waals surface area contributed by atoms with Crippen molar-refractivity contribution < 1.29 is 76.3 Å². The summed E-state index contributed by atoms with van der Waals surface area (Å²) < 4.78 is 41.3. The fourth-order valence-electron chi connectivity index (χ4n) is 10.7. The summed E-state index contributed by atoms with van der Waals surface area (Å²) in [7, 11) is 8.95. The number of piperidine rings is 1. The van der Waals surface area contributed by atoms with Gasteiger partial charge in [-0.2, -0.15) is 0 Å². The molecular weight excluding hydrogens is 1160 g/mol. The van der Waals surface area contributed by atoms with Crippen molar-refractivity contribution in [3.63, 3.8) is 0 Å². The quantitative estimate of drug-likeness (QED) is 0.102. The Labute approximate surface area is 528 Å². The normalized spacial score (nSPS) is 21.7. The molecule has 0 aromatic heterocycles. The van der Waals surface area contributed by atoms with Gasteiger partial charge in [0.2, 0.25) is 29.4 Å². The monoisotopic (exact) mass is 1250 g/mol. The van der Waals surface area contributed by atoms with Crippen molar-refractivity contribution in [1.29, 1.82) is 0 Å². The van der Waals surface area contributed by atoms with E-state index in [2.05, 4.69) is 10.6 Å². The van der Waals surface area contributed by atoms with Crippen LogP contribution in [-0.2, 0) is 70.2 Å². The first kappa shape index (κ1) is 70.6. The molecule has 1 saturated heterocycles. The second kappa shape index (κ2) is 32.8. The Morgan fingerprint density at radius 3 is 2.16 bits per heavy atom. The van der Waals surface area contributed by atoms with Crippen molar-refractivity contribution in [2.45, 2.75) is 142 Å². The van der Waals surface area contributed by atoms with Crippen LogP contribution in [0.2, 0.25) is 0 Å². The molecule has 0 saturated carbocycles. The summed E-state index contributed by atoms with van der Waals surface area (Å²) in [5.74, 6) is -4.89. The highest BCUT2D eigenvalue weighted by Gasteiger charge is 2.43. The number of Topliss-reactive ketones (excluding diaryl/α,β-unsaturated/α-hetero) is 1. The summed E-state index contributed by atoms with van der Waals surface area (Å²) in [4.78, 5) is 133. The number of carbonyl (C=O) groups excluding carboxylic acids is 9. The maximum Gasteiger partial charge on any atom is 0.330 e. The van der Waals surface area contributed by atoms with E-state index in [1.54, 1.807) is 57.2 Å². The van der Waals surface area contributed by atoms with Gasteiger partial charge >= 0.3 is 11.9 Å². The second-order valence-corrected chi connectivity index (χ2v) is 24.4. The lowest BCUT2D eigenvalue weighted by atomic mass is 9.87. The molecule has 2 heterocycles. The van der Waals surface area contributed by atoms with Gasteiger partial charge in [-0.3, -0.25) is 33.6 Å². The van der Waals surface area contributed by atoms with Crippen LogP contribution < -0.4 is 29.6 Å². The van der Waals surface area contributed by atoms with Crippen LogP contribution in [-0.4, -0.2) is 184 Å². The number of unbranched alkanes of at least 4 members (excludes halogenated alkanes) is 1. The molecule has 90 heavy (non-hydrogen) atoms. The van der Waals surface area contributed by atoms with Gasteiger partial charge in [-0.15, -0.1) is 0 Å². The van der Waals surface area contributed by atoms with Gasteiger partial charge in [0.1, 0.15) is 48.4 Å². The number of ketones is 1. The molecule has 22 nitrogen and oxygen atoms in total. The number of methoxy groups -OCH3 is 3. The minimum Gasteiger partial charge on any atom is -0.496 e. The number of cyclic esters (lactones) is 2. The van der Waals surface area contributed by atoms with Gasteiger partial charge in [-0.05, 0) is 126 Å². The highest BCUT2D eigenvalue weighted by molar-refractivity contribution is 6.38. The van der Waals surface area contributed by atoms with Gasteiger partial charge in [0.15, 0.2) is 18.1 Å². The molecule has 2 bridgehead atoms. The number of esters is 2.